The highest BCUT2D eigenvalue weighted by Crippen LogP contribution is 2.25. The third kappa shape index (κ3) is 2.31. The average Bonchev–Trinajstić information content (AvgIpc) is 2.94. The fourth-order valence-electron chi connectivity index (χ4n) is 2.35. The highest BCUT2D eigenvalue weighted by atomic mass is 79.9. The third-order valence-electron chi connectivity index (χ3n) is 3.47. The molecular weight excluding hydrogens is 322 g/mol. The van der Waals surface area contributed by atoms with E-state index in [9.17, 15) is 4.79 Å². The second-order valence-electron chi connectivity index (χ2n) is 4.65. The first-order chi connectivity index (χ1) is 9.69. The lowest BCUT2D eigenvalue weighted by atomic mass is 10.1. The van der Waals surface area contributed by atoms with Gasteiger partial charge in [0.1, 0.15) is 5.75 Å². The average molecular weight is 336 g/mol. The topological polar surface area (TPSA) is 58.2 Å². The van der Waals surface area contributed by atoms with E-state index in [2.05, 4.69) is 25.9 Å². The number of nitrogens with zero attached hydrogens (tertiary/aromatic N) is 2. The lowest BCUT2D eigenvalue weighted by Crippen LogP contribution is -2.36. The molecule has 6 heteroatoms. The molecule has 0 atom stereocenters. The standard InChI is InChI=1S/C14H14BrN3O2/c1-20-9-2-3-11(15)10(6-9)14(19)18-5-4-12-13(7-18)17-8-16-12/h2-3,6,8H,4-5,7H2,1H3,(H,16,17). The fraction of sp³-hybridized carbons (Fsp3) is 0.286. The molecule has 5 nitrogen and oxygen atoms in total. The monoisotopic (exact) mass is 335 g/mol. The van der Waals surface area contributed by atoms with Crippen molar-refractivity contribution >= 4 is 21.8 Å². The minimum atomic E-state index is -0.00368. The first kappa shape index (κ1) is 13.2. The molecule has 0 bridgehead atoms. The Balaban J connectivity index is 1.87. The van der Waals surface area contributed by atoms with Crippen LogP contribution in [0.15, 0.2) is 29.0 Å². The number of fused-ring (bicyclic) bond motifs is 1. The summed E-state index contributed by atoms with van der Waals surface area (Å²) in [5.41, 5.74) is 2.69. The van der Waals surface area contributed by atoms with Gasteiger partial charge in [-0.2, -0.15) is 0 Å². The van der Waals surface area contributed by atoms with E-state index in [1.807, 2.05) is 17.0 Å². The lowest BCUT2D eigenvalue weighted by molar-refractivity contribution is 0.0730. The number of methoxy groups -OCH3 is 1. The van der Waals surface area contributed by atoms with Crippen molar-refractivity contribution in [1.82, 2.24) is 14.9 Å². The summed E-state index contributed by atoms with van der Waals surface area (Å²) in [6.45, 7) is 1.25. The van der Waals surface area contributed by atoms with Crippen molar-refractivity contribution in [2.24, 2.45) is 0 Å². The van der Waals surface area contributed by atoms with Gasteiger partial charge in [-0.25, -0.2) is 4.98 Å². The number of aromatic amines is 1. The Bertz CT molecular complexity index is 654. The molecule has 0 unspecified atom stereocenters. The molecule has 3 rings (SSSR count). The maximum Gasteiger partial charge on any atom is 0.255 e. The Morgan fingerprint density at radius 2 is 2.35 bits per heavy atom. The van der Waals surface area contributed by atoms with E-state index in [0.29, 0.717) is 24.4 Å². The quantitative estimate of drug-likeness (QED) is 0.916. The van der Waals surface area contributed by atoms with Gasteiger partial charge in [0.15, 0.2) is 0 Å². The summed E-state index contributed by atoms with van der Waals surface area (Å²) in [6, 6.07) is 5.41. The number of benzene rings is 1. The Labute approximate surface area is 125 Å². The summed E-state index contributed by atoms with van der Waals surface area (Å²) in [5, 5.41) is 0. The molecule has 1 aromatic carbocycles. The molecule has 0 spiro atoms. The van der Waals surface area contributed by atoms with Crippen LogP contribution < -0.4 is 4.74 Å². The van der Waals surface area contributed by atoms with Crippen LogP contribution >= 0.6 is 15.9 Å². The molecule has 1 aliphatic rings. The van der Waals surface area contributed by atoms with Gasteiger partial charge in [-0.1, -0.05) is 0 Å². The maximum absolute atomic E-state index is 12.6. The highest BCUT2D eigenvalue weighted by molar-refractivity contribution is 9.10. The zero-order valence-corrected chi connectivity index (χ0v) is 12.6. The molecule has 20 heavy (non-hydrogen) atoms. The van der Waals surface area contributed by atoms with Crippen LogP contribution in [0.1, 0.15) is 21.7 Å². The zero-order chi connectivity index (χ0) is 14.1. The number of aromatic nitrogens is 2. The molecule has 1 N–H and O–H groups in total. The van der Waals surface area contributed by atoms with Gasteiger partial charge < -0.3 is 14.6 Å². The summed E-state index contributed by atoms with van der Waals surface area (Å²) in [7, 11) is 1.59. The Morgan fingerprint density at radius 1 is 1.50 bits per heavy atom. The van der Waals surface area contributed by atoms with Crippen LogP contribution in [0.5, 0.6) is 5.75 Å². The summed E-state index contributed by atoms with van der Waals surface area (Å²) in [4.78, 5) is 21.8. The molecule has 0 fully saturated rings. The van der Waals surface area contributed by atoms with E-state index >= 15 is 0 Å². The smallest absolute Gasteiger partial charge is 0.255 e. The van der Waals surface area contributed by atoms with E-state index in [-0.39, 0.29) is 5.91 Å². The van der Waals surface area contributed by atoms with Gasteiger partial charge in [-0.3, -0.25) is 4.79 Å². The first-order valence-electron chi connectivity index (χ1n) is 6.33. The van der Waals surface area contributed by atoms with Gasteiger partial charge in [0, 0.05) is 17.4 Å². The van der Waals surface area contributed by atoms with Gasteiger partial charge in [0.2, 0.25) is 0 Å². The van der Waals surface area contributed by atoms with Crippen LogP contribution in [-0.4, -0.2) is 34.4 Å². The van der Waals surface area contributed by atoms with E-state index in [1.54, 1.807) is 19.5 Å². The number of nitrogens with one attached hydrogen (secondary N) is 1. The first-order valence-corrected chi connectivity index (χ1v) is 7.12. The SMILES string of the molecule is COc1ccc(Br)c(C(=O)N2CCc3nc[nH]c3C2)c1. The minimum absolute atomic E-state index is 0.00368. The normalized spacial score (nSPS) is 14.0. The number of hydrogen-bond donors (Lipinski definition) is 1. The summed E-state index contributed by atoms with van der Waals surface area (Å²) in [5.74, 6) is 0.673. The number of amides is 1. The largest absolute Gasteiger partial charge is 0.497 e. The number of carbonyl (C=O) groups is 1. The molecular formula is C14H14BrN3O2. The molecule has 2 aromatic rings. The molecule has 0 saturated carbocycles. The van der Waals surface area contributed by atoms with Crippen LogP contribution in [0.25, 0.3) is 0 Å². The van der Waals surface area contributed by atoms with Gasteiger partial charge in [-0.05, 0) is 34.1 Å². The molecule has 0 saturated heterocycles. The van der Waals surface area contributed by atoms with Gasteiger partial charge >= 0.3 is 0 Å². The fourth-order valence-corrected chi connectivity index (χ4v) is 2.77. The second-order valence-corrected chi connectivity index (χ2v) is 5.50. The number of carbonyl (C=O) groups excluding carboxylic acids is 1. The van der Waals surface area contributed by atoms with Crippen molar-refractivity contribution in [3.63, 3.8) is 0 Å². The predicted molar refractivity (Wildman–Crippen MR) is 77.7 cm³/mol. The van der Waals surface area contributed by atoms with Crippen molar-refractivity contribution in [1.29, 1.82) is 0 Å². The number of H-pyrrole nitrogens is 1. The van der Waals surface area contributed by atoms with E-state index in [1.165, 1.54) is 0 Å². The predicted octanol–water partition coefficient (Wildman–Crippen LogP) is 2.38. The molecule has 1 aliphatic heterocycles. The van der Waals surface area contributed by atoms with Crippen molar-refractivity contribution < 1.29 is 9.53 Å². The number of hydrogen-bond acceptors (Lipinski definition) is 3. The lowest BCUT2D eigenvalue weighted by Gasteiger charge is -2.26. The van der Waals surface area contributed by atoms with Crippen molar-refractivity contribution in [3.8, 4) is 5.75 Å². The third-order valence-corrected chi connectivity index (χ3v) is 4.16. The van der Waals surface area contributed by atoms with Gasteiger partial charge in [0.05, 0.1) is 36.9 Å². The van der Waals surface area contributed by atoms with Crippen LogP contribution in [0.3, 0.4) is 0 Å². The molecule has 2 heterocycles. The molecule has 0 aliphatic carbocycles. The molecule has 1 aromatic heterocycles. The number of rotatable bonds is 2. The highest BCUT2D eigenvalue weighted by Gasteiger charge is 2.24. The molecule has 104 valence electrons. The van der Waals surface area contributed by atoms with Gasteiger partial charge in [0.25, 0.3) is 5.91 Å². The van der Waals surface area contributed by atoms with Crippen LogP contribution in [0.4, 0.5) is 0 Å². The van der Waals surface area contributed by atoms with Crippen molar-refractivity contribution in [2.75, 3.05) is 13.7 Å². The van der Waals surface area contributed by atoms with E-state index < -0.39 is 0 Å². The van der Waals surface area contributed by atoms with Crippen molar-refractivity contribution in [3.05, 3.63) is 46.0 Å². The zero-order valence-electron chi connectivity index (χ0n) is 11.0. The Kier molecular flexibility index (Phi) is 3.48. The molecule has 0 radical (unpaired) electrons. The van der Waals surface area contributed by atoms with Crippen LogP contribution in [-0.2, 0) is 13.0 Å². The number of halogens is 1. The maximum atomic E-state index is 12.6. The minimum Gasteiger partial charge on any atom is -0.497 e. The van der Waals surface area contributed by atoms with Crippen LogP contribution in [0.2, 0.25) is 0 Å². The van der Waals surface area contributed by atoms with E-state index in [4.69, 9.17) is 4.74 Å². The summed E-state index contributed by atoms with van der Waals surface area (Å²) >= 11 is 3.43. The van der Waals surface area contributed by atoms with Crippen molar-refractivity contribution in [2.45, 2.75) is 13.0 Å². The molecule has 1 amide bonds. The second kappa shape index (κ2) is 5.28. The summed E-state index contributed by atoms with van der Waals surface area (Å²) < 4.78 is 5.96. The summed E-state index contributed by atoms with van der Waals surface area (Å²) in [6.07, 6.45) is 2.46. The van der Waals surface area contributed by atoms with Gasteiger partial charge in [-0.15, -0.1) is 0 Å². The van der Waals surface area contributed by atoms with Crippen LogP contribution in [0, 0.1) is 0 Å². The Morgan fingerprint density at radius 3 is 3.15 bits per heavy atom. The van der Waals surface area contributed by atoms with E-state index in [0.717, 1.165) is 22.3 Å². The number of imidazole rings is 1. The Hall–Kier alpha value is -1.82. The number of ether oxygens (including phenoxy) is 1.